The Morgan fingerprint density at radius 1 is 1.25 bits per heavy atom. The SMILES string of the molecule is CC(C)(C)C(O)(C(=O)O)C(O)C(=O)OOO. The van der Waals surface area contributed by atoms with Crippen molar-refractivity contribution in [2.75, 3.05) is 0 Å². The van der Waals surface area contributed by atoms with Gasteiger partial charge in [0.25, 0.3) is 0 Å². The van der Waals surface area contributed by atoms with Crippen LogP contribution in [0.1, 0.15) is 20.8 Å². The molecule has 0 radical (unpaired) electrons. The molecule has 0 amide bonds. The number of hydrogen-bond donors (Lipinski definition) is 4. The lowest BCUT2D eigenvalue weighted by molar-refractivity contribution is -0.465. The number of carboxylic acid groups (broad SMARTS) is 1. The Morgan fingerprint density at radius 2 is 1.69 bits per heavy atom. The zero-order valence-electron chi connectivity index (χ0n) is 9.00. The van der Waals surface area contributed by atoms with Gasteiger partial charge >= 0.3 is 11.9 Å². The maximum absolute atomic E-state index is 11.0. The van der Waals surface area contributed by atoms with Crippen LogP contribution in [0.15, 0.2) is 0 Å². The number of carbonyl (C=O) groups is 2. The average molecular weight is 238 g/mol. The minimum Gasteiger partial charge on any atom is -0.479 e. The zero-order valence-corrected chi connectivity index (χ0v) is 9.00. The number of carbonyl (C=O) groups excluding carboxylic acids is 1. The molecule has 8 nitrogen and oxygen atoms in total. The first kappa shape index (κ1) is 14.8. The lowest BCUT2D eigenvalue weighted by Crippen LogP contribution is -2.61. The molecule has 2 unspecified atom stereocenters. The highest BCUT2D eigenvalue weighted by Crippen LogP contribution is 2.34. The first-order valence-electron chi connectivity index (χ1n) is 4.24. The lowest BCUT2D eigenvalue weighted by atomic mass is 9.73. The van der Waals surface area contributed by atoms with Crippen molar-refractivity contribution in [3.8, 4) is 0 Å². The number of rotatable bonds is 4. The van der Waals surface area contributed by atoms with Crippen molar-refractivity contribution in [1.29, 1.82) is 0 Å². The Balaban J connectivity index is 5.23. The van der Waals surface area contributed by atoms with Crippen LogP contribution >= 0.6 is 0 Å². The summed E-state index contributed by atoms with van der Waals surface area (Å²) in [5, 5.41) is 38.8. The van der Waals surface area contributed by atoms with E-state index >= 15 is 0 Å². The monoisotopic (exact) mass is 238 g/mol. The maximum Gasteiger partial charge on any atom is 0.377 e. The first-order chi connectivity index (χ1) is 7.09. The zero-order chi connectivity index (χ0) is 13.1. The van der Waals surface area contributed by atoms with E-state index in [0.29, 0.717) is 0 Å². The van der Waals surface area contributed by atoms with E-state index < -0.39 is 29.1 Å². The number of aliphatic hydroxyl groups excluding tert-OH is 1. The third-order valence-corrected chi connectivity index (χ3v) is 2.21. The standard InChI is InChI=1S/C8H14O8/c1-7(2,3)8(13,6(11)12)4(9)5(10)15-16-14/h4,9,13-14H,1-3H3,(H,11,12). The molecule has 16 heavy (non-hydrogen) atoms. The van der Waals surface area contributed by atoms with Gasteiger partial charge in [-0.25, -0.2) is 14.8 Å². The summed E-state index contributed by atoms with van der Waals surface area (Å²) in [7, 11) is 0. The number of hydrogen-bond acceptors (Lipinski definition) is 7. The van der Waals surface area contributed by atoms with Crippen molar-refractivity contribution >= 4 is 11.9 Å². The predicted molar refractivity (Wildman–Crippen MR) is 47.9 cm³/mol. The fourth-order valence-corrected chi connectivity index (χ4v) is 1.10. The summed E-state index contributed by atoms with van der Waals surface area (Å²) in [6.07, 6.45) is -2.41. The topological polar surface area (TPSA) is 134 Å². The summed E-state index contributed by atoms with van der Waals surface area (Å²) in [5.41, 5.74) is -4.13. The van der Waals surface area contributed by atoms with E-state index in [0.717, 1.165) is 0 Å². The summed E-state index contributed by atoms with van der Waals surface area (Å²) in [4.78, 5) is 25.4. The van der Waals surface area contributed by atoms with Crippen molar-refractivity contribution < 1.29 is 40.1 Å². The van der Waals surface area contributed by atoms with E-state index in [1.54, 1.807) is 0 Å². The Kier molecular flexibility index (Phi) is 4.38. The highest BCUT2D eigenvalue weighted by atomic mass is 17.5. The minimum atomic E-state index is -2.78. The van der Waals surface area contributed by atoms with Crippen LogP contribution < -0.4 is 0 Å². The Labute approximate surface area is 90.9 Å². The molecule has 0 aromatic heterocycles. The molecule has 0 fully saturated rings. The molecule has 0 saturated heterocycles. The summed E-state index contributed by atoms with van der Waals surface area (Å²) in [6, 6.07) is 0. The smallest absolute Gasteiger partial charge is 0.377 e. The number of aliphatic carboxylic acids is 1. The third kappa shape index (κ3) is 2.47. The van der Waals surface area contributed by atoms with Crippen LogP contribution in [0.5, 0.6) is 0 Å². The largest absolute Gasteiger partial charge is 0.479 e. The van der Waals surface area contributed by atoms with Gasteiger partial charge in [0.2, 0.25) is 5.60 Å². The van der Waals surface area contributed by atoms with Crippen molar-refractivity contribution in [3.05, 3.63) is 0 Å². The summed E-state index contributed by atoms with van der Waals surface area (Å²) >= 11 is 0. The van der Waals surface area contributed by atoms with E-state index in [1.165, 1.54) is 20.8 Å². The molecular formula is C8H14O8. The van der Waals surface area contributed by atoms with E-state index in [1.807, 2.05) is 0 Å². The molecule has 0 saturated carbocycles. The maximum atomic E-state index is 11.0. The Hall–Kier alpha value is -1.22. The molecule has 0 aliphatic rings. The van der Waals surface area contributed by atoms with Crippen molar-refractivity contribution in [2.45, 2.75) is 32.5 Å². The van der Waals surface area contributed by atoms with Crippen molar-refractivity contribution in [1.82, 2.24) is 0 Å². The molecule has 0 aliphatic carbocycles. The van der Waals surface area contributed by atoms with Gasteiger partial charge in [0.1, 0.15) is 0 Å². The average Bonchev–Trinajstić information content (AvgIpc) is 2.13. The highest BCUT2D eigenvalue weighted by molar-refractivity contribution is 5.88. The summed E-state index contributed by atoms with van der Waals surface area (Å²) < 4.78 is 0. The van der Waals surface area contributed by atoms with Gasteiger partial charge in [0, 0.05) is 5.41 Å². The van der Waals surface area contributed by atoms with Gasteiger partial charge in [-0.2, -0.15) is 0 Å². The van der Waals surface area contributed by atoms with Gasteiger partial charge in [-0.15, -0.1) is 0 Å². The molecule has 0 aromatic carbocycles. The van der Waals surface area contributed by atoms with Gasteiger partial charge in [0.05, 0.1) is 0 Å². The molecule has 0 bridgehead atoms. The molecule has 2 atom stereocenters. The van der Waals surface area contributed by atoms with Gasteiger partial charge in [-0.05, 0) is 5.04 Å². The van der Waals surface area contributed by atoms with Gasteiger partial charge in [0.15, 0.2) is 6.10 Å². The molecule has 4 N–H and O–H groups in total. The van der Waals surface area contributed by atoms with E-state index in [4.69, 9.17) is 10.4 Å². The fourth-order valence-electron chi connectivity index (χ4n) is 1.10. The second-order valence-electron chi connectivity index (χ2n) is 4.20. The predicted octanol–water partition coefficient (Wildman–Crippen LogP) is -0.843. The Bertz CT molecular complexity index is 280. The second-order valence-corrected chi connectivity index (χ2v) is 4.20. The Morgan fingerprint density at radius 3 is 1.94 bits per heavy atom. The van der Waals surface area contributed by atoms with Gasteiger partial charge in [-0.1, -0.05) is 20.8 Å². The minimum absolute atomic E-state index is 1.30. The van der Waals surface area contributed by atoms with E-state index in [2.05, 4.69) is 9.93 Å². The molecule has 0 spiro atoms. The van der Waals surface area contributed by atoms with Crippen LogP contribution in [0, 0.1) is 5.41 Å². The quantitative estimate of drug-likeness (QED) is 0.368. The lowest BCUT2D eigenvalue weighted by Gasteiger charge is -2.37. The number of carboxylic acids is 1. The highest BCUT2D eigenvalue weighted by Gasteiger charge is 2.57. The third-order valence-electron chi connectivity index (χ3n) is 2.21. The molecule has 0 aromatic rings. The summed E-state index contributed by atoms with van der Waals surface area (Å²) in [6.45, 7) is 3.91. The first-order valence-corrected chi connectivity index (χ1v) is 4.24. The van der Waals surface area contributed by atoms with Crippen LogP contribution in [0.2, 0.25) is 0 Å². The van der Waals surface area contributed by atoms with Crippen LogP contribution in [0.3, 0.4) is 0 Å². The molecule has 0 heterocycles. The number of aliphatic hydroxyl groups is 2. The van der Waals surface area contributed by atoms with Crippen molar-refractivity contribution in [2.24, 2.45) is 5.41 Å². The van der Waals surface area contributed by atoms with Crippen LogP contribution in [0.4, 0.5) is 0 Å². The molecule has 0 rings (SSSR count). The summed E-state index contributed by atoms with van der Waals surface area (Å²) in [5.74, 6) is -3.43. The molecular weight excluding hydrogens is 224 g/mol. The van der Waals surface area contributed by atoms with E-state index in [9.17, 15) is 19.8 Å². The molecule has 0 aliphatic heterocycles. The van der Waals surface area contributed by atoms with Crippen molar-refractivity contribution in [3.63, 3.8) is 0 Å². The fraction of sp³-hybridized carbons (Fsp3) is 0.750. The van der Waals surface area contributed by atoms with E-state index in [-0.39, 0.29) is 0 Å². The second kappa shape index (κ2) is 4.74. The van der Waals surface area contributed by atoms with Gasteiger partial charge < -0.3 is 15.3 Å². The van der Waals surface area contributed by atoms with Crippen LogP contribution in [0.25, 0.3) is 0 Å². The normalized spacial score (nSPS) is 17.4. The van der Waals surface area contributed by atoms with Crippen LogP contribution in [-0.2, 0) is 19.5 Å². The molecule has 8 heteroatoms. The van der Waals surface area contributed by atoms with Gasteiger partial charge in [-0.3, -0.25) is 4.89 Å². The van der Waals surface area contributed by atoms with Crippen LogP contribution in [-0.4, -0.2) is 44.2 Å². The molecule has 94 valence electrons.